The summed E-state index contributed by atoms with van der Waals surface area (Å²) in [6.07, 6.45) is 0. The number of hydrogen-bond acceptors (Lipinski definition) is 6. The van der Waals surface area contributed by atoms with E-state index in [1.165, 1.54) is 12.1 Å². The normalized spacial score (nSPS) is 10.8. The molecule has 0 radical (unpaired) electrons. The van der Waals surface area contributed by atoms with Crippen molar-refractivity contribution in [3.05, 3.63) is 40.1 Å². The lowest BCUT2D eigenvalue weighted by Crippen LogP contribution is -2.08. The molecule has 0 atom stereocenters. The van der Waals surface area contributed by atoms with Crippen molar-refractivity contribution < 1.29 is 4.92 Å². The highest BCUT2D eigenvalue weighted by molar-refractivity contribution is 5.63. The zero-order valence-electron chi connectivity index (χ0n) is 11.9. The Morgan fingerprint density at radius 1 is 1.43 bits per heavy atom. The van der Waals surface area contributed by atoms with E-state index >= 15 is 0 Å². The maximum absolute atomic E-state index is 10.7. The van der Waals surface area contributed by atoms with E-state index in [9.17, 15) is 10.1 Å². The SMILES string of the molecule is CC(C)n1nc(CNc2cccc([N+](=O)[O-])c2)c(N)c1N. The first kappa shape index (κ1) is 14.6. The first-order valence-electron chi connectivity index (χ1n) is 6.50. The van der Waals surface area contributed by atoms with E-state index in [2.05, 4.69) is 10.4 Å². The second kappa shape index (κ2) is 5.70. The van der Waals surface area contributed by atoms with E-state index in [0.717, 1.165) is 0 Å². The monoisotopic (exact) mass is 290 g/mol. The Hall–Kier alpha value is -2.77. The molecule has 2 aromatic rings. The molecule has 0 aliphatic carbocycles. The fraction of sp³-hybridized carbons (Fsp3) is 0.308. The molecule has 0 aliphatic heterocycles. The second-order valence-electron chi connectivity index (χ2n) is 4.94. The Kier molecular flexibility index (Phi) is 3.97. The molecule has 1 aromatic carbocycles. The topological polar surface area (TPSA) is 125 Å². The minimum atomic E-state index is -0.439. The zero-order chi connectivity index (χ0) is 15.6. The minimum Gasteiger partial charge on any atom is -0.394 e. The van der Waals surface area contributed by atoms with Crippen molar-refractivity contribution in [1.82, 2.24) is 9.78 Å². The average molecular weight is 290 g/mol. The molecule has 0 saturated heterocycles. The van der Waals surface area contributed by atoms with Gasteiger partial charge in [-0.2, -0.15) is 5.10 Å². The molecule has 0 spiro atoms. The van der Waals surface area contributed by atoms with Gasteiger partial charge in [0, 0.05) is 23.9 Å². The predicted octanol–water partition coefficient (Wildman–Crippen LogP) is 2.15. The highest BCUT2D eigenvalue weighted by Crippen LogP contribution is 2.24. The van der Waals surface area contributed by atoms with Crippen molar-refractivity contribution in [3.63, 3.8) is 0 Å². The van der Waals surface area contributed by atoms with Crippen molar-refractivity contribution in [2.45, 2.75) is 26.4 Å². The van der Waals surface area contributed by atoms with Crippen LogP contribution < -0.4 is 16.8 Å². The number of hydrogen-bond donors (Lipinski definition) is 3. The Bertz CT molecular complexity index is 665. The van der Waals surface area contributed by atoms with Crippen molar-refractivity contribution in [2.75, 3.05) is 16.8 Å². The van der Waals surface area contributed by atoms with Gasteiger partial charge in [0.2, 0.25) is 0 Å². The number of nitrogens with one attached hydrogen (secondary N) is 1. The number of nitrogen functional groups attached to an aromatic ring is 2. The molecule has 8 nitrogen and oxygen atoms in total. The molecule has 0 fully saturated rings. The number of rotatable bonds is 5. The van der Waals surface area contributed by atoms with E-state index in [1.807, 2.05) is 13.8 Å². The number of non-ortho nitro benzene ring substituents is 1. The predicted molar refractivity (Wildman–Crippen MR) is 81.9 cm³/mol. The van der Waals surface area contributed by atoms with Crippen LogP contribution in [0.5, 0.6) is 0 Å². The molecule has 1 heterocycles. The van der Waals surface area contributed by atoms with Gasteiger partial charge in [-0.3, -0.25) is 10.1 Å². The van der Waals surface area contributed by atoms with Gasteiger partial charge in [0.1, 0.15) is 11.5 Å². The largest absolute Gasteiger partial charge is 0.394 e. The summed E-state index contributed by atoms with van der Waals surface area (Å²) in [6.45, 7) is 4.26. The summed E-state index contributed by atoms with van der Waals surface area (Å²) < 4.78 is 1.65. The number of benzene rings is 1. The third kappa shape index (κ3) is 3.04. The lowest BCUT2D eigenvalue weighted by Gasteiger charge is -2.06. The molecule has 0 amide bonds. The fourth-order valence-corrected chi connectivity index (χ4v) is 1.95. The highest BCUT2D eigenvalue weighted by atomic mass is 16.6. The van der Waals surface area contributed by atoms with Crippen LogP contribution in [0.25, 0.3) is 0 Å². The molecule has 2 rings (SSSR count). The van der Waals surface area contributed by atoms with E-state index in [1.54, 1.807) is 16.8 Å². The Morgan fingerprint density at radius 2 is 2.14 bits per heavy atom. The summed E-state index contributed by atoms with van der Waals surface area (Å²) in [7, 11) is 0. The Labute approximate surface area is 121 Å². The smallest absolute Gasteiger partial charge is 0.271 e. The summed E-state index contributed by atoms with van der Waals surface area (Å²) in [4.78, 5) is 10.3. The van der Waals surface area contributed by atoms with E-state index in [4.69, 9.17) is 11.5 Å². The number of anilines is 3. The Morgan fingerprint density at radius 3 is 2.71 bits per heavy atom. The molecule has 0 bridgehead atoms. The quantitative estimate of drug-likeness (QED) is 0.572. The lowest BCUT2D eigenvalue weighted by molar-refractivity contribution is -0.384. The molecule has 0 aliphatic rings. The van der Waals surface area contributed by atoms with Crippen LogP contribution in [-0.4, -0.2) is 14.7 Å². The van der Waals surface area contributed by atoms with E-state index in [-0.39, 0.29) is 11.7 Å². The summed E-state index contributed by atoms with van der Waals surface area (Å²) in [5.74, 6) is 0.431. The summed E-state index contributed by atoms with van der Waals surface area (Å²) in [5.41, 5.74) is 13.5. The summed E-state index contributed by atoms with van der Waals surface area (Å²) >= 11 is 0. The van der Waals surface area contributed by atoms with Gasteiger partial charge >= 0.3 is 0 Å². The van der Waals surface area contributed by atoms with Gasteiger partial charge in [0.25, 0.3) is 5.69 Å². The molecular weight excluding hydrogens is 272 g/mol. The number of nitrogens with two attached hydrogens (primary N) is 2. The minimum absolute atomic E-state index is 0.0280. The molecule has 1 aromatic heterocycles. The third-order valence-corrected chi connectivity index (χ3v) is 3.07. The van der Waals surface area contributed by atoms with E-state index in [0.29, 0.717) is 29.4 Å². The van der Waals surface area contributed by atoms with Crippen LogP contribution in [0.1, 0.15) is 25.6 Å². The van der Waals surface area contributed by atoms with Crippen molar-refractivity contribution >= 4 is 22.9 Å². The maximum Gasteiger partial charge on any atom is 0.271 e. The van der Waals surface area contributed by atoms with E-state index < -0.39 is 4.92 Å². The molecule has 5 N–H and O–H groups in total. The zero-order valence-corrected chi connectivity index (χ0v) is 11.9. The lowest BCUT2D eigenvalue weighted by atomic mass is 10.2. The number of nitro benzene ring substituents is 1. The van der Waals surface area contributed by atoms with Crippen LogP contribution in [0.2, 0.25) is 0 Å². The van der Waals surface area contributed by atoms with Crippen molar-refractivity contribution in [3.8, 4) is 0 Å². The van der Waals surface area contributed by atoms with Crippen LogP contribution in [-0.2, 0) is 6.54 Å². The molecule has 0 unspecified atom stereocenters. The number of nitrogens with zero attached hydrogens (tertiary/aromatic N) is 3. The van der Waals surface area contributed by atoms with Crippen LogP contribution in [0, 0.1) is 10.1 Å². The van der Waals surface area contributed by atoms with Crippen LogP contribution in [0.15, 0.2) is 24.3 Å². The first-order chi connectivity index (χ1) is 9.90. The maximum atomic E-state index is 10.7. The molecule has 8 heteroatoms. The average Bonchev–Trinajstić information content (AvgIpc) is 2.73. The summed E-state index contributed by atoms with van der Waals surface area (Å²) in [5, 5.41) is 18.1. The highest BCUT2D eigenvalue weighted by Gasteiger charge is 2.14. The van der Waals surface area contributed by atoms with Crippen LogP contribution >= 0.6 is 0 Å². The van der Waals surface area contributed by atoms with Gasteiger partial charge in [0.15, 0.2) is 0 Å². The van der Waals surface area contributed by atoms with Crippen molar-refractivity contribution in [1.29, 1.82) is 0 Å². The third-order valence-electron chi connectivity index (χ3n) is 3.07. The second-order valence-corrected chi connectivity index (χ2v) is 4.94. The van der Waals surface area contributed by atoms with Crippen molar-refractivity contribution in [2.24, 2.45) is 0 Å². The van der Waals surface area contributed by atoms with Gasteiger partial charge in [0.05, 0.1) is 17.2 Å². The standard InChI is InChI=1S/C13H18N6O2/c1-8(2)18-13(15)12(14)11(17-18)7-16-9-4-3-5-10(6-9)19(20)21/h3-6,8,16H,7,14-15H2,1-2H3. The molecule has 0 saturated carbocycles. The Balaban J connectivity index is 2.15. The molecule has 112 valence electrons. The number of nitro groups is 1. The molecular formula is C13H18N6O2. The van der Waals surface area contributed by atoms with Gasteiger partial charge in [-0.25, -0.2) is 4.68 Å². The first-order valence-corrected chi connectivity index (χ1v) is 6.50. The van der Waals surface area contributed by atoms with Gasteiger partial charge in [-0.05, 0) is 19.9 Å². The van der Waals surface area contributed by atoms with Gasteiger partial charge in [-0.15, -0.1) is 0 Å². The van der Waals surface area contributed by atoms with Gasteiger partial charge < -0.3 is 16.8 Å². The van der Waals surface area contributed by atoms with Crippen LogP contribution in [0.4, 0.5) is 22.9 Å². The fourth-order valence-electron chi connectivity index (χ4n) is 1.95. The summed E-state index contributed by atoms with van der Waals surface area (Å²) in [6, 6.07) is 6.36. The van der Waals surface area contributed by atoms with Crippen LogP contribution in [0.3, 0.4) is 0 Å². The number of aromatic nitrogens is 2. The molecule has 21 heavy (non-hydrogen) atoms. The van der Waals surface area contributed by atoms with Gasteiger partial charge in [-0.1, -0.05) is 6.07 Å².